The normalized spacial score (nSPS) is 21.2. The van der Waals surface area contributed by atoms with Crippen molar-refractivity contribution in [1.29, 1.82) is 0 Å². The summed E-state index contributed by atoms with van der Waals surface area (Å²) in [5.74, 6) is 0.126. The molecule has 4 aromatic rings. The molecule has 3 atom stereocenters. The molecule has 160 valence electrons. The number of cyclic esters (lactones) is 1. The summed E-state index contributed by atoms with van der Waals surface area (Å²) in [5.41, 5.74) is 2.70. The van der Waals surface area contributed by atoms with Crippen molar-refractivity contribution in [2.45, 2.75) is 23.1 Å². The van der Waals surface area contributed by atoms with Gasteiger partial charge in [-0.1, -0.05) is 95.7 Å². The lowest BCUT2D eigenvalue weighted by atomic mass is 10.0. The third-order valence-corrected chi connectivity index (χ3v) is 6.85. The van der Waals surface area contributed by atoms with Gasteiger partial charge in [0.05, 0.1) is 6.04 Å². The maximum Gasteiger partial charge on any atom is 0.323 e. The number of thioether (sulfide) groups is 1. The predicted octanol–water partition coefficient (Wildman–Crippen LogP) is 5.42. The lowest BCUT2D eigenvalue weighted by molar-refractivity contribution is -0.147. The van der Waals surface area contributed by atoms with Crippen molar-refractivity contribution in [2.75, 3.05) is 5.32 Å². The van der Waals surface area contributed by atoms with Crippen LogP contribution in [0.25, 0.3) is 11.5 Å². The topological polar surface area (TPSA) is 77.2 Å². The van der Waals surface area contributed by atoms with Crippen LogP contribution in [0.4, 0.5) is 6.01 Å². The van der Waals surface area contributed by atoms with Crippen LogP contribution in [-0.4, -0.2) is 21.4 Å². The molecule has 1 unspecified atom stereocenters. The maximum absolute atomic E-state index is 13.0. The molecule has 0 bridgehead atoms. The average Bonchev–Trinajstić information content (AvgIpc) is 3.44. The van der Waals surface area contributed by atoms with Crippen LogP contribution < -0.4 is 5.32 Å². The third-order valence-electron chi connectivity index (χ3n) is 5.36. The minimum atomic E-state index is -0.776. The molecule has 1 N–H and O–H groups in total. The van der Waals surface area contributed by atoms with Crippen LogP contribution in [0.3, 0.4) is 0 Å². The SMILES string of the molecule is CC1(c2ccccc2)OC(=O)[C@H]([C@H](Nc2nnc(-c3ccccc3)o2)c2ccccc2)S1. The third kappa shape index (κ3) is 3.99. The standard InChI is InChI=1S/C25H21N3O3S/c1-25(19-15-9-4-10-16-19)31-23(29)21(32-25)20(17-11-5-2-6-12-17)26-24-28-27-22(30-24)18-13-7-3-8-14-18/h2-16,20-21H,1H3,(H,26,28)/t20-,21+,25?/m1/s1. The van der Waals surface area contributed by atoms with Gasteiger partial charge in [-0.15, -0.1) is 5.10 Å². The van der Waals surface area contributed by atoms with Crippen molar-refractivity contribution in [2.24, 2.45) is 0 Å². The van der Waals surface area contributed by atoms with Gasteiger partial charge < -0.3 is 14.5 Å². The first kappa shape index (κ1) is 20.3. The van der Waals surface area contributed by atoms with Gasteiger partial charge in [-0.3, -0.25) is 4.79 Å². The molecule has 1 aliphatic heterocycles. The molecule has 7 heteroatoms. The van der Waals surface area contributed by atoms with E-state index in [0.717, 1.165) is 16.7 Å². The second-order valence-electron chi connectivity index (χ2n) is 7.58. The van der Waals surface area contributed by atoms with Crippen LogP contribution in [0.15, 0.2) is 95.4 Å². The highest BCUT2D eigenvalue weighted by Gasteiger charge is 2.49. The molecule has 5 rings (SSSR count). The van der Waals surface area contributed by atoms with Crippen molar-refractivity contribution in [1.82, 2.24) is 10.2 Å². The van der Waals surface area contributed by atoms with E-state index in [9.17, 15) is 4.79 Å². The van der Waals surface area contributed by atoms with Gasteiger partial charge in [-0.25, -0.2) is 0 Å². The quantitative estimate of drug-likeness (QED) is 0.399. The minimum Gasteiger partial charge on any atom is -0.443 e. The van der Waals surface area contributed by atoms with Crippen LogP contribution >= 0.6 is 11.8 Å². The zero-order valence-corrected chi connectivity index (χ0v) is 18.2. The maximum atomic E-state index is 13.0. The Morgan fingerprint density at radius 2 is 1.53 bits per heavy atom. The molecule has 0 radical (unpaired) electrons. The summed E-state index contributed by atoms with van der Waals surface area (Å²) in [7, 11) is 0. The number of nitrogens with zero attached hydrogens (tertiary/aromatic N) is 2. The number of aromatic nitrogens is 2. The Bertz CT molecular complexity index is 1200. The summed E-state index contributed by atoms with van der Waals surface area (Å²) in [6, 6.07) is 28.9. The number of carbonyl (C=O) groups excluding carboxylic acids is 1. The van der Waals surface area contributed by atoms with Crippen molar-refractivity contribution >= 4 is 23.7 Å². The second kappa shape index (κ2) is 8.51. The first-order chi connectivity index (χ1) is 15.6. The van der Waals surface area contributed by atoms with E-state index in [-0.39, 0.29) is 12.0 Å². The first-order valence-corrected chi connectivity index (χ1v) is 11.2. The summed E-state index contributed by atoms with van der Waals surface area (Å²) >= 11 is 1.48. The Kier molecular flexibility index (Phi) is 5.41. The molecule has 0 saturated carbocycles. The summed E-state index contributed by atoms with van der Waals surface area (Å²) in [6.45, 7) is 1.92. The highest BCUT2D eigenvalue weighted by atomic mass is 32.2. The van der Waals surface area contributed by atoms with Gasteiger partial charge in [-0.05, 0) is 24.6 Å². The van der Waals surface area contributed by atoms with Crippen LogP contribution in [0.2, 0.25) is 0 Å². The summed E-state index contributed by atoms with van der Waals surface area (Å²) in [6.07, 6.45) is 0. The van der Waals surface area contributed by atoms with E-state index < -0.39 is 16.2 Å². The smallest absolute Gasteiger partial charge is 0.323 e. The number of nitrogens with one attached hydrogen (secondary N) is 1. The van der Waals surface area contributed by atoms with E-state index in [4.69, 9.17) is 9.15 Å². The van der Waals surface area contributed by atoms with Crippen molar-refractivity contribution in [3.05, 3.63) is 102 Å². The highest BCUT2D eigenvalue weighted by molar-refractivity contribution is 8.01. The van der Waals surface area contributed by atoms with Gasteiger partial charge in [0.25, 0.3) is 0 Å². The van der Waals surface area contributed by atoms with E-state index in [1.54, 1.807) is 0 Å². The Morgan fingerprint density at radius 1 is 0.906 bits per heavy atom. The second-order valence-corrected chi connectivity index (χ2v) is 9.10. The van der Waals surface area contributed by atoms with E-state index in [1.165, 1.54) is 11.8 Å². The predicted molar refractivity (Wildman–Crippen MR) is 124 cm³/mol. The minimum absolute atomic E-state index is 0.249. The zero-order chi connectivity index (χ0) is 22.0. The first-order valence-electron chi connectivity index (χ1n) is 10.3. The molecule has 0 aliphatic carbocycles. The van der Waals surface area contributed by atoms with Crippen LogP contribution in [-0.2, 0) is 14.5 Å². The van der Waals surface area contributed by atoms with Gasteiger partial charge in [-0.2, -0.15) is 0 Å². The Hall–Kier alpha value is -3.58. The Morgan fingerprint density at radius 3 is 2.22 bits per heavy atom. The van der Waals surface area contributed by atoms with E-state index >= 15 is 0 Å². The van der Waals surface area contributed by atoms with Crippen molar-refractivity contribution in [3.63, 3.8) is 0 Å². The van der Waals surface area contributed by atoms with Gasteiger partial charge in [0.15, 0.2) is 4.93 Å². The number of hydrogen-bond acceptors (Lipinski definition) is 7. The number of ether oxygens (including phenoxy) is 1. The Balaban J connectivity index is 1.45. The monoisotopic (exact) mass is 443 g/mol. The number of rotatable bonds is 6. The molecule has 1 fully saturated rings. The van der Waals surface area contributed by atoms with Crippen LogP contribution in [0.1, 0.15) is 24.1 Å². The van der Waals surface area contributed by atoms with E-state index in [2.05, 4.69) is 15.5 Å². The van der Waals surface area contributed by atoms with E-state index in [1.807, 2.05) is 97.9 Å². The molecule has 6 nitrogen and oxygen atoms in total. The van der Waals surface area contributed by atoms with Gasteiger partial charge in [0.2, 0.25) is 5.89 Å². The molecule has 1 aromatic heterocycles. The van der Waals surface area contributed by atoms with Gasteiger partial charge >= 0.3 is 12.0 Å². The molecule has 0 amide bonds. The molecule has 1 aliphatic rings. The van der Waals surface area contributed by atoms with Gasteiger partial charge in [0.1, 0.15) is 5.25 Å². The lowest BCUT2D eigenvalue weighted by Crippen LogP contribution is -2.27. The molecule has 2 heterocycles. The summed E-state index contributed by atoms with van der Waals surface area (Å²) < 4.78 is 11.7. The average molecular weight is 444 g/mol. The van der Waals surface area contributed by atoms with Crippen LogP contribution in [0, 0.1) is 0 Å². The fraction of sp³-hybridized carbons (Fsp3) is 0.160. The highest BCUT2D eigenvalue weighted by Crippen LogP contribution is 2.50. The van der Waals surface area contributed by atoms with E-state index in [0.29, 0.717) is 5.89 Å². The van der Waals surface area contributed by atoms with Gasteiger partial charge in [0, 0.05) is 11.1 Å². The summed E-state index contributed by atoms with van der Waals surface area (Å²) in [5, 5.41) is 11.1. The number of benzene rings is 3. The number of hydrogen-bond donors (Lipinski definition) is 1. The number of esters is 1. The molecule has 32 heavy (non-hydrogen) atoms. The van der Waals surface area contributed by atoms with Crippen molar-refractivity contribution in [3.8, 4) is 11.5 Å². The molecule has 0 spiro atoms. The number of anilines is 1. The largest absolute Gasteiger partial charge is 0.443 e. The molecular weight excluding hydrogens is 422 g/mol. The molecular formula is C25H21N3O3S. The van der Waals surface area contributed by atoms with Crippen LogP contribution in [0.5, 0.6) is 0 Å². The fourth-order valence-corrected chi connectivity index (χ4v) is 5.14. The Labute approximate surface area is 190 Å². The lowest BCUT2D eigenvalue weighted by Gasteiger charge is -2.24. The number of carbonyl (C=O) groups is 1. The zero-order valence-electron chi connectivity index (χ0n) is 17.3. The van der Waals surface area contributed by atoms with Crippen molar-refractivity contribution < 1.29 is 13.9 Å². The summed E-state index contributed by atoms with van der Waals surface area (Å²) in [4.78, 5) is 12.3. The fourth-order valence-electron chi connectivity index (χ4n) is 3.74. The molecule has 3 aromatic carbocycles. The molecule has 1 saturated heterocycles.